The molecule has 31 heavy (non-hydrogen) atoms. The molecule has 0 spiro atoms. The van der Waals surface area contributed by atoms with Gasteiger partial charge in [-0.2, -0.15) is 0 Å². The molecule has 1 unspecified atom stereocenters. The number of likely N-dealkylation sites (tertiary alicyclic amines) is 1. The minimum Gasteiger partial charge on any atom is -0.388 e. The van der Waals surface area contributed by atoms with E-state index in [1.165, 1.54) is 19.3 Å². The van der Waals surface area contributed by atoms with Crippen molar-refractivity contribution in [3.8, 4) is 23.7 Å². The predicted molar refractivity (Wildman–Crippen MR) is 112 cm³/mol. The lowest BCUT2D eigenvalue weighted by Crippen LogP contribution is -2.57. The number of hydroxylamine groups is 1. The Bertz CT molecular complexity index is 937. The van der Waals surface area contributed by atoms with E-state index in [9.17, 15) is 19.1 Å². The molecular weight excluding hydrogens is 401 g/mol. The van der Waals surface area contributed by atoms with Crippen molar-refractivity contribution in [1.82, 2.24) is 15.7 Å². The lowest BCUT2D eigenvalue weighted by atomic mass is 9.78. The molecule has 1 aliphatic carbocycles. The molecule has 1 atom stereocenters. The van der Waals surface area contributed by atoms with Crippen molar-refractivity contribution in [3.05, 3.63) is 35.4 Å². The standard InChI is InChI=1S/C23H26FN3O4/c1-23(2,30)20(22(29)26-31)25-21(28)17-9-7-15(8-10-17)5-3-4-6-16-11-19(12-16)27-13-18(24)14-27/h7-10,16,18-20,30-31H,11-14H2,1-2H3,(H,25,28)(H,26,29). The third-order valence-corrected chi connectivity index (χ3v) is 5.54. The second kappa shape index (κ2) is 9.49. The van der Waals surface area contributed by atoms with Crippen molar-refractivity contribution >= 4 is 11.8 Å². The van der Waals surface area contributed by atoms with Crippen LogP contribution in [0.5, 0.6) is 0 Å². The molecule has 7 nitrogen and oxygen atoms in total. The molecule has 1 saturated heterocycles. The van der Waals surface area contributed by atoms with Gasteiger partial charge in [-0.15, -0.1) is 0 Å². The number of alkyl halides is 1. The molecular formula is C23H26FN3O4. The van der Waals surface area contributed by atoms with Gasteiger partial charge in [0, 0.05) is 36.2 Å². The van der Waals surface area contributed by atoms with Gasteiger partial charge in [0.05, 0.1) is 5.60 Å². The molecule has 1 aromatic carbocycles. The fraction of sp³-hybridized carbons (Fsp3) is 0.478. The molecule has 4 N–H and O–H groups in total. The molecule has 3 rings (SSSR count). The van der Waals surface area contributed by atoms with E-state index in [-0.39, 0.29) is 5.56 Å². The van der Waals surface area contributed by atoms with Gasteiger partial charge in [0.15, 0.2) is 0 Å². The summed E-state index contributed by atoms with van der Waals surface area (Å²) in [6, 6.07) is 5.54. The minimum absolute atomic E-state index is 0.277. The van der Waals surface area contributed by atoms with Crippen molar-refractivity contribution in [2.45, 2.75) is 50.5 Å². The summed E-state index contributed by atoms with van der Waals surface area (Å²) in [6.45, 7) is 3.79. The Kier molecular flexibility index (Phi) is 6.97. The van der Waals surface area contributed by atoms with Crippen molar-refractivity contribution in [2.75, 3.05) is 13.1 Å². The van der Waals surface area contributed by atoms with Gasteiger partial charge < -0.3 is 10.4 Å². The number of rotatable bonds is 5. The number of nitrogens with zero attached hydrogens (tertiary/aromatic N) is 1. The number of benzene rings is 1. The molecule has 2 amide bonds. The first-order chi connectivity index (χ1) is 14.7. The first-order valence-corrected chi connectivity index (χ1v) is 10.1. The van der Waals surface area contributed by atoms with Crippen LogP contribution in [0.15, 0.2) is 24.3 Å². The van der Waals surface area contributed by atoms with E-state index in [1.807, 2.05) is 0 Å². The highest BCUT2D eigenvalue weighted by atomic mass is 19.1. The summed E-state index contributed by atoms with van der Waals surface area (Å²) in [5.74, 6) is 10.5. The molecule has 0 bridgehead atoms. The number of carbonyl (C=O) groups is 2. The summed E-state index contributed by atoms with van der Waals surface area (Å²) in [4.78, 5) is 26.2. The molecule has 0 aromatic heterocycles. The number of hydrogen-bond donors (Lipinski definition) is 4. The second-order valence-corrected chi connectivity index (χ2v) is 8.51. The van der Waals surface area contributed by atoms with Crippen LogP contribution in [0.2, 0.25) is 0 Å². The summed E-state index contributed by atoms with van der Waals surface area (Å²) in [7, 11) is 0. The number of carbonyl (C=O) groups excluding carboxylic acids is 2. The topological polar surface area (TPSA) is 102 Å². The summed E-state index contributed by atoms with van der Waals surface area (Å²) in [6.07, 6.45) is 1.26. The number of aliphatic hydroxyl groups is 1. The fourth-order valence-electron chi connectivity index (χ4n) is 3.55. The lowest BCUT2D eigenvalue weighted by Gasteiger charge is -2.47. The summed E-state index contributed by atoms with van der Waals surface area (Å²) in [5, 5.41) is 21.2. The maximum atomic E-state index is 12.9. The zero-order valence-electron chi connectivity index (χ0n) is 17.5. The monoisotopic (exact) mass is 427 g/mol. The van der Waals surface area contributed by atoms with E-state index in [1.54, 1.807) is 24.3 Å². The molecule has 2 fully saturated rings. The highest BCUT2D eigenvalue weighted by molar-refractivity contribution is 5.97. The predicted octanol–water partition coefficient (Wildman–Crippen LogP) is 0.848. The molecule has 0 radical (unpaired) electrons. The van der Waals surface area contributed by atoms with Crippen LogP contribution < -0.4 is 10.8 Å². The van der Waals surface area contributed by atoms with E-state index in [0.29, 0.717) is 30.6 Å². The highest BCUT2D eigenvalue weighted by Gasteiger charge is 2.39. The number of halogens is 1. The zero-order chi connectivity index (χ0) is 22.6. The second-order valence-electron chi connectivity index (χ2n) is 8.51. The molecule has 2 aliphatic rings. The lowest BCUT2D eigenvalue weighted by molar-refractivity contribution is -0.136. The van der Waals surface area contributed by atoms with Crippen LogP contribution in [0.25, 0.3) is 0 Å². The van der Waals surface area contributed by atoms with Crippen LogP contribution in [0.1, 0.15) is 42.6 Å². The van der Waals surface area contributed by atoms with E-state index in [4.69, 9.17) is 5.21 Å². The zero-order valence-corrected chi connectivity index (χ0v) is 17.5. The Balaban J connectivity index is 1.51. The van der Waals surface area contributed by atoms with Gasteiger partial charge in [0.25, 0.3) is 11.8 Å². The summed E-state index contributed by atoms with van der Waals surface area (Å²) < 4.78 is 12.9. The van der Waals surface area contributed by atoms with Crippen molar-refractivity contribution in [2.24, 2.45) is 5.92 Å². The minimum atomic E-state index is -1.57. The molecule has 164 valence electrons. The smallest absolute Gasteiger partial charge is 0.268 e. The number of amides is 2. The molecule has 1 heterocycles. The third kappa shape index (κ3) is 5.83. The Morgan fingerprint density at radius 1 is 1.19 bits per heavy atom. The molecule has 8 heteroatoms. The maximum absolute atomic E-state index is 12.9. The Hall–Kier alpha value is -2.91. The highest BCUT2D eigenvalue weighted by Crippen LogP contribution is 2.34. The fourth-order valence-corrected chi connectivity index (χ4v) is 3.55. The third-order valence-electron chi connectivity index (χ3n) is 5.54. The van der Waals surface area contributed by atoms with Crippen LogP contribution in [0, 0.1) is 29.6 Å². The molecule has 1 aliphatic heterocycles. The van der Waals surface area contributed by atoms with Crippen molar-refractivity contribution < 1.29 is 24.3 Å². The Morgan fingerprint density at radius 2 is 1.84 bits per heavy atom. The Labute approximate surface area is 181 Å². The normalized spacial score (nSPS) is 21.8. The van der Waals surface area contributed by atoms with Crippen molar-refractivity contribution in [3.63, 3.8) is 0 Å². The van der Waals surface area contributed by atoms with Gasteiger partial charge in [0.1, 0.15) is 12.2 Å². The number of nitrogens with one attached hydrogen (secondary N) is 2. The van der Waals surface area contributed by atoms with E-state index in [2.05, 4.69) is 33.9 Å². The van der Waals surface area contributed by atoms with Gasteiger partial charge in [-0.3, -0.25) is 19.7 Å². The van der Waals surface area contributed by atoms with Crippen LogP contribution in [-0.2, 0) is 4.79 Å². The first-order valence-electron chi connectivity index (χ1n) is 10.1. The van der Waals surface area contributed by atoms with Crippen molar-refractivity contribution in [1.29, 1.82) is 0 Å². The first kappa shape index (κ1) is 22.8. The van der Waals surface area contributed by atoms with E-state index < -0.39 is 29.6 Å². The van der Waals surface area contributed by atoms with Gasteiger partial charge in [-0.05, 0) is 62.8 Å². The quantitative estimate of drug-likeness (QED) is 0.317. The SMILES string of the molecule is CC(C)(O)C(NC(=O)c1ccc(C#CC#CC2CC(N3CC(F)C3)C2)cc1)C(=O)NO. The average molecular weight is 427 g/mol. The molecule has 1 saturated carbocycles. The largest absolute Gasteiger partial charge is 0.388 e. The van der Waals surface area contributed by atoms with Gasteiger partial charge in [0.2, 0.25) is 0 Å². The van der Waals surface area contributed by atoms with Gasteiger partial charge in [-0.1, -0.05) is 11.8 Å². The van der Waals surface area contributed by atoms with Gasteiger partial charge >= 0.3 is 0 Å². The summed E-state index contributed by atoms with van der Waals surface area (Å²) in [5.41, 5.74) is 0.820. The number of hydrogen-bond acceptors (Lipinski definition) is 5. The summed E-state index contributed by atoms with van der Waals surface area (Å²) >= 11 is 0. The van der Waals surface area contributed by atoms with Gasteiger partial charge in [-0.25, -0.2) is 9.87 Å². The average Bonchev–Trinajstić information content (AvgIpc) is 2.67. The van der Waals surface area contributed by atoms with E-state index >= 15 is 0 Å². The van der Waals surface area contributed by atoms with Crippen LogP contribution in [0.4, 0.5) is 4.39 Å². The van der Waals surface area contributed by atoms with Crippen LogP contribution in [0.3, 0.4) is 0 Å². The maximum Gasteiger partial charge on any atom is 0.268 e. The van der Waals surface area contributed by atoms with Crippen LogP contribution in [-0.4, -0.2) is 64.0 Å². The van der Waals surface area contributed by atoms with Crippen LogP contribution >= 0.6 is 0 Å². The van der Waals surface area contributed by atoms with E-state index in [0.717, 1.165) is 12.8 Å². The Morgan fingerprint density at radius 3 is 2.39 bits per heavy atom. The molecule has 1 aromatic rings.